The molecule has 9 heavy (non-hydrogen) atoms. The van der Waals surface area contributed by atoms with Gasteiger partial charge in [-0.25, -0.2) is 0 Å². The van der Waals surface area contributed by atoms with E-state index in [9.17, 15) is 0 Å². The van der Waals surface area contributed by atoms with E-state index in [1.54, 1.807) is 0 Å². The Morgan fingerprint density at radius 1 is 0.889 bits per heavy atom. The van der Waals surface area contributed by atoms with Crippen molar-refractivity contribution >= 4 is 57.9 Å². The fourth-order valence-corrected chi connectivity index (χ4v) is 8.03. The molecule has 0 amide bonds. The van der Waals surface area contributed by atoms with Crippen molar-refractivity contribution in [1.29, 1.82) is 0 Å². The van der Waals surface area contributed by atoms with Crippen LogP contribution in [0.25, 0.3) is 0 Å². The Labute approximate surface area is 68.3 Å². The van der Waals surface area contributed by atoms with E-state index in [0.717, 1.165) is 0 Å². The maximum atomic E-state index is 4.83. The average Bonchev–Trinajstić information content (AvgIpc) is 1.58. The van der Waals surface area contributed by atoms with Crippen LogP contribution in [-0.4, -0.2) is 33.5 Å². The molecule has 2 saturated heterocycles. The van der Waals surface area contributed by atoms with Gasteiger partial charge in [0.05, 0.1) is 0 Å². The molecule has 0 aromatic heterocycles. The van der Waals surface area contributed by atoms with Crippen LogP contribution < -0.4 is 0 Å². The van der Waals surface area contributed by atoms with Crippen LogP contribution >= 0.6 is 24.4 Å². The van der Waals surface area contributed by atoms with Gasteiger partial charge in [0, 0.05) is 0 Å². The van der Waals surface area contributed by atoms with Crippen LogP contribution in [0.5, 0.6) is 0 Å². The van der Waals surface area contributed by atoms with Gasteiger partial charge in [0.15, 0.2) is 0 Å². The monoisotopic (exact) mass is 360 g/mol. The van der Waals surface area contributed by atoms with Crippen LogP contribution in [0.15, 0.2) is 0 Å². The molecule has 2 heterocycles. The van der Waals surface area contributed by atoms with Crippen LogP contribution in [0.2, 0.25) is 0 Å². The van der Waals surface area contributed by atoms with Crippen molar-refractivity contribution in [2.24, 2.45) is 0 Å². The molecule has 4 nitrogen and oxygen atoms in total. The molecule has 2 aliphatic rings. The molecule has 2 aliphatic heterocycles. The van der Waals surface area contributed by atoms with Gasteiger partial charge >= 0.3 is 68.6 Å². The van der Waals surface area contributed by atoms with Crippen molar-refractivity contribution in [1.82, 2.24) is 0 Å². The summed E-state index contributed by atoms with van der Waals surface area (Å²) in [6.45, 7) is 0. The minimum atomic E-state index is -3.48. The van der Waals surface area contributed by atoms with Gasteiger partial charge in [0.25, 0.3) is 0 Å². The summed E-state index contributed by atoms with van der Waals surface area (Å²) < 4.78 is 19.3. The Bertz CT molecular complexity index is 161. The molecular weight excluding hydrogens is 359 g/mol. The molecule has 1 spiro atoms. The summed E-state index contributed by atoms with van der Waals surface area (Å²) in [5.74, 6) is 0. The van der Waals surface area contributed by atoms with Crippen LogP contribution in [-0.2, 0) is 10.7 Å². The van der Waals surface area contributed by atoms with E-state index in [1.165, 1.54) is 0 Å². The quantitative estimate of drug-likeness (QED) is 0.451. The Balaban J connectivity index is 2.01. The number of thiocarbonyl (C=S) groups is 2. The summed E-state index contributed by atoms with van der Waals surface area (Å²) in [6, 6.07) is 0. The second-order valence-electron chi connectivity index (χ2n) is 1.41. The number of hydrogen-bond donors (Lipinski definition) is 0. The van der Waals surface area contributed by atoms with Crippen LogP contribution in [0, 0.1) is 0 Å². The van der Waals surface area contributed by atoms with E-state index >= 15 is 0 Å². The molecule has 0 radical (unpaired) electrons. The SMILES string of the molecule is S=C1[O][Pb]2([O]1)[O]C(=S)[O]2. The van der Waals surface area contributed by atoms with Gasteiger partial charge in [-0.05, 0) is 0 Å². The van der Waals surface area contributed by atoms with E-state index in [1.807, 2.05) is 0 Å². The predicted molar refractivity (Wildman–Crippen MR) is 35.3 cm³/mol. The molecule has 0 aliphatic carbocycles. The van der Waals surface area contributed by atoms with Crippen molar-refractivity contribution in [3.05, 3.63) is 0 Å². The predicted octanol–water partition coefficient (Wildman–Crippen LogP) is 0.0854. The summed E-state index contributed by atoms with van der Waals surface area (Å²) in [4.78, 5) is 0. The van der Waals surface area contributed by atoms with Gasteiger partial charge in [-0.1, -0.05) is 0 Å². The third kappa shape index (κ3) is 0.800. The van der Waals surface area contributed by atoms with Gasteiger partial charge < -0.3 is 0 Å². The van der Waals surface area contributed by atoms with Crippen LogP contribution in [0.4, 0.5) is 0 Å². The van der Waals surface area contributed by atoms with E-state index in [-0.39, 0.29) is 10.5 Å². The number of rotatable bonds is 0. The fourth-order valence-electron chi connectivity index (χ4n) is 0.507. The molecular formula is C2O4PbS2. The first-order valence-electron chi connectivity index (χ1n) is 2.04. The van der Waals surface area contributed by atoms with Crippen molar-refractivity contribution in [3.63, 3.8) is 0 Å². The molecule has 0 aromatic rings. The van der Waals surface area contributed by atoms with E-state index in [4.69, 9.17) is 10.7 Å². The number of hydrogen-bond acceptors (Lipinski definition) is 6. The first-order chi connectivity index (χ1) is 4.20. The standard InChI is InChI=1S/2CH2O2S.Pb/c2*2-1(3)4;/h2*(H2,2,3,4);/q;;+4/p-4. The molecule has 48 valence electrons. The second-order valence-corrected chi connectivity index (χ2v) is 9.14. The summed E-state index contributed by atoms with van der Waals surface area (Å²) in [6.07, 6.45) is 0. The van der Waals surface area contributed by atoms with Gasteiger partial charge in [0.1, 0.15) is 0 Å². The summed E-state index contributed by atoms with van der Waals surface area (Å²) in [7, 11) is 0. The molecule has 0 N–H and O–H groups in total. The Morgan fingerprint density at radius 2 is 1.22 bits per heavy atom. The zero-order valence-corrected chi connectivity index (χ0v) is 9.47. The summed E-state index contributed by atoms with van der Waals surface area (Å²) >= 11 is 5.48. The van der Waals surface area contributed by atoms with E-state index in [2.05, 4.69) is 24.4 Å². The zero-order valence-electron chi connectivity index (χ0n) is 3.95. The van der Waals surface area contributed by atoms with Crippen molar-refractivity contribution < 1.29 is 10.7 Å². The topological polar surface area (TPSA) is 36.9 Å². The molecule has 0 bridgehead atoms. The van der Waals surface area contributed by atoms with Gasteiger partial charge in [-0.3, -0.25) is 0 Å². The van der Waals surface area contributed by atoms with Crippen LogP contribution in [0.1, 0.15) is 0 Å². The summed E-state index contributed by atoms with van der Waals surface area (Å²) in [5.41, 5.74) is 0. The molecule has 2 rings (SSSR count). The molecule has 0 unspecified atom stereocenters. The molecule has 7 heteroatoms. The third-order valence-electron chi connectivity index (χ3n) is 0.833. The Morgan fingerprint density at radius 3 is 1.44 bits per heavy atom. The second kappa shape index (κ2) is 1.67. The van der Waals surface area contributed by atoms with Crippen LogP contribution in [0.3, 0.4) is 0 Å². The van der Waals surface area contributed by atoms with Crippen molar-refractivity contribution in [2.45, 2.75) is 0 Å². The first-order valence-corrected chi connectivity index (χ1v) is 9.21. The zero-order chi connectivity index (χ0) is 6.48. The minimum absolute atomic E-state index is 0.110. The third-order valence-corrected chi connectivity index (χ3v) is 10.2. The van der Waals surface area contributed by atoms with Crippen molar-refractivity contribution in [2.75, 3.05) is 0 Å². The van der Waals surface area contributed by atoms with Gasteiger partial charge in [0.2, 0.25) is 0 Å². The first kappa shape index (κ1) is 6.04. The Hall–Kier alpha value is 0.302. The maximum absolute atomic E-state index is 4.83. The summed E-state index contributed by atoms with van der Waals surface area (Å²) in [5, 5.41) is 0.221. The molecule has 0 aromatic carbocycles. The van der Waals surface area contributed by atoms with Gasteiger partial charge in [-0.2, -0.15) is 0 Å². The molecule has 0 atom stereocenters. The Kier molecular flexibility index (Phi) is 1.12. The fraction of sp³-hybridized carbons (Fsp3) is 0. The molecule has 0 saturated carbocycles. The average molecular weight is 359 g/mol. The van der Waals surface area contributed by atoms with Gasteiger partial charge in [-0.15, -0.1) is 0 Å². The molecule has 2 fully saturated rings. The van der Waals surface area contributed by atoms with Crippen molar-refractivity contribution in [3.8, 4) is 0 Å². The van der Waals surface area contributed by atoms with E-state index < -0.39 is 23.0 Å². The van der Waals surface area contributed by atoms with E-state index in [0.29, 0.717) is 0 Å². The normalized spacial score (nSPS) is 26.2.